The van der Waals surface area contributed by atoms with E-state index in [9.17, 15) is 13.2 Å². The van der Waals surface area contributed by atoms with Crippen LogP contribution in [0, 0.1) is 0 Å². The molecule has 1 amide bonds. The minimum atomic E-state index is -3.12. The van der Waals surface area contributed by atoms with Gasteiger partial charge in [-0.15, -0.1) is 0 Å². The summed E-state index contributed by atoms with van der Waals surface area (Å²) in [6.45, 7) is 6.04. The van der Waals surface area contributed by atoms with Crippen molar-refractivity contribution in [2.75, 3.05) is 31.9 Å². The van der Waals surface area contributed by atoms with Crippen molar-refractivity contribution in [3.63, 3.8) is 0 Å². The summed E-state index contributed by atoms with van der Waals surface area (Å²) in [4.78, 5) is 13.6. The lowest BCUT2D eigenvalue weighted by molar-refractivity contribution is -0.131. The number of hydrogen-bond acceptors (Lipinski definition) is 3. The van der Waals surface area contributed by atoms with E-state index in [1.807, 2.05) is 13.8 Å². The Balaban J connectivity index is 2.58. The van der Waals surface area contributed by atoms with Crippen molar-refractivity contribution in [2.45, 2.75) is 39.5 Å². The smallest absolute Gasteiger partial charge is 0.222 e. The highest BCUT2D eigenvalue weighted by Gasteiger charge is 2.25. The molecule has 1 aliphatic heterocycles. The lowest BCUT2D eigenvalue weighted by Crippen LogP contribution is -2.38. The van der Waals surface area contributed by atoms with Crippen molar-refractivity contribution in [1.29, 1.82) is 0 Å². The maximum Gasteiger partial charge on any atom is 0.222 e. The zero-order valence-corrected chi connectivity index (χ0v) is 12.2. The molecule has 1 aliphatic rings. The predicted molar refractivity (Wildman–Crippen MR) is 71.8 cm³/mol. The molecule has 0 unspecified atom stereocenters. The Morgan fingerprint density at radius 1 is 1.06 bits per heavy atom. The van der Waals surface area contributed by atoms with Gasteiger partial charge in [0.2, 0.25) is 15.9 Å². The molecule has 1 rings (SSSR count). The summed E-state index contributed by atoms with van der Waals surface area (Å²) in [6.07, 6.45) is 2.77. The Kier molecular flexibility index (Phi) is 6.08. The fourth-order valence-corrected chi connectivity index (χ4v) is 3.72. The normalized spacial score (nSPS) is 18.7. The van der Waals surface area contributed by atoms with Gasteiger partial charge in [0.1, 0.15) is 0 Å². The molecule has 0 bridgehead atoms. The van der Waals surface area contributed by atoms with Crippen LogP contribution in [0.25, 0.3) is 0 Å². The summed E-state index contributed by atoms with van der Waals surface area (Å²) in [5.41, 5.74) is 0. The average molecular weight is 276 g/mol. The second-order valence-corrected chi connectivity index (χ2v) is 6.79. The van der Waals surface area contributed by atoms with E-state index in [1.54, 1.807) is 4.90 Å². The lowest BCUT2D eigenvalue weighted by Gasteiger charge is -2.21. The molecule has 0 atom stereocenters. The molecule has 0 aromatic carbocycles. The number of rotatable bonds is 5. The summed E-state index contributed by atoms with van der Waals surface area (Å²) >= 11 is 0. The SMILES string of the molecule is CCCC(=O)N1CCCN(S(=O)(=O)CCC)CC1. The molecule has 0 N–H and O–H groups in total. The highest BCUT2D eigenvalue weighted by atomic mass is 32.2. The quantitative estimate of drug-likeness (QED) is 0.754. The molecule has 0 saturated carbocycles. The van der Waals surface area contributed by atoms with E-state index in [0.717, 1.165) is 12.8 Å². The van der Waals surface area contributed by atoms with Gasteiger partial charge >= 0.3 is 0 Å². The zero-order chi connectivity index (χ0) is 13.6. The fourth-order valence-electron chi connectivity index (χ4n) is 2.18. The molecule has 5 nitrogen and oxygen atoms in total. The summed E-state index contributed by atoms with van der Waals surface area (Å²) in [5.74, 6) is 0.350. The highest BCUT2D eigenvalue weighted by Crippen LogP contribution is 2.11. The number of sulfonamides is 1. The van der Waals surface area contributed by atoms with Crippen LogP contribution in [0.2, 0.25) is 0 Å². The highest BCUT2D eigenvalue weighted by molar-refractivity contribution is 7.89. The van der Waals surface area contributed by atoms with E-state index >= 15 is 0 Å². The van der Waals surface area contributed by atoms with Gasteiger partial charge in [-0.25, -0.2) is 12.7 Å². The lowest BCUT2D eigenvalue weighted by atomic mass is 10.3. The minimum absolute atomic E-state index is 0.146. The van der Waals surface area contributed by atoms with Gasteiger partial charge in [0, 0.05) is 32.6 Å². The van der Waals surface area contributed by atoms with Gasteiger partial charge in [-0.05, 0) is 19.3 Å². The molecule has 1 heterocycles. The molecule has 0 aromatic rings. The molecule has 0 spiro atoms. The third-order valence-corrected chi connectivity index (χ3v) is 5.20. The van der Waals surface area contributed by atoms with E-state index in [2.05, 4.69) is 0 Å². The summed E-state index contributed by atoms with van der Waals surface area (Å²) in [5, 5.41) is 0. The molecule has 6 heteroatoms. The molecule has 0 aromatic heterocycles. The molecular formula is C12H24N2O3S. The van der Waals surface area contributed by atoms with E-state index in [1.165, 1.54) is 4.31 Å². The third kappa shape index (κ3) is 4.24. The van der Waals surface area contributed by atoms with Gasteiger partial charge in [0.25, 0.3) is 0 Å². The van der Waals surface area contributed by atoms with Crippen LogP contribution in [-0.4, -0.2) is 55.5 Å². The van der Waals surface area contributed by atoms with Crippen molar-refractivity contribution >= 4 is 15.9 Å². The maximum atomic E-state index is 12.0. The van der Waals surface area contributed by atoms with Crippen molar-refractivity contribution < 1.29 is 13.2 Å². The Bertz CT molecular complexity index is 368. The molecule has 18 heavy (non-hydrogen) atoms. The van der Waals surface area contributed by atoms with Gasteiger partial charge in [0.05, 0.1) is 5.75 Å². The molecule has 1 fully saturated rings. The van der Waals surface area contributed by atoms with Crippen LogP contribution in [0.15, 0.2) is 0 Å². The van der Waals surface area contributed by atoms with Crippen molar-refractivity contribution in [3.8, 4) is 0 Å². The molecular weight excluding hydrogens is 252 g/mol. The van der Waals surface area contributed by atoms with Crippen LogP contribution in [0.1, 0.15) is 39.5 Å². The van der Waals surface area contributed by atoms with Gasteiger partial charge < -0.3 is 4.90 Å². The van der Waals surface area contributed by atoms with Gasteiger partial charge in [-0.3, -0.25) is 4.79 Å². The molecule has 106 valence electrons. The maximum absolute atomic E-state index is 12.0. The second-order valence-electron chi connectivity index (χ2n) is 4.70. The van der Waals surface area contributed by atoms with Crippen LogP contribution in [0.5, 0.6) is 0 Å². The number of hydrogen-bond donors (Lipinski definition) is 0. The topological polar surface area (TPSA) is 57.7 Å². The van der Waals surface area contributed by atoms with E-state index in [0.29, 0.717) is 39.0 Å². The monoisotopic (exact) mass is 276 g/mol. The van der Waals surface area contributed by atoms with Gasteiger partial charge in [0.15, 0.2) is 0 Å². The summed E-state index contributed by atoms with van der Waals surface area (Å²) in [6, 6.07) is 0. The Labute approximate surface area is 110 Å². The number of carbonyl (C=O) groups is 1. The summed E-state index contributed by atoms with van der Waals surface area (Å²) in [7, 11) is -3.12. The Morgan fingerprint density at radius 3 is 2.39 bits per heavy atom. The van der Waals surface area contributed by atoms with Crippen molar-refractivity contribution in [3.05, 3.63) is 0 Å². The van der Waals surface area contributed by atoms with Crippen LogP contribution < -0.4 is 0 Å². The average Bonchev–Trinajstić information content (AvgIpc) is 2.55. The molecule has 0 radical (unpaired) electrons. The predicted octanol–water partition coefficient (Wildman–Crippen LogP) is 1.06. The first-order valence-corrected chi connectivity index (χ1v) is 8.37. The third-order valence-electron chi connectivity index (χ3n) is 3.13. The zero-order valence-electron chi connectivity index (χ0n) is 11.4. The molecule has 1 saturated heterocycles. The van der Waals surface area contributed by atoms with E-state index < -0.39 is 10.0 Å². The summed E-state index contributed by atoms with van der Waals surface area (Å²) < 4.78 is 25.5. The standard InChI is InChI=1S/C12H24N2O3S/c1-3-6-12(15)13-7-5-8-14(10-9-13)18(16,17)11-4-2/h3-11H2,1-2H3. The first kappa shape index (κ1) is 15.4. The first-order chi connectivity index (χ1) is 8.51. The molecule has 0 aliphatic carbocycles. The van der Waals surface area contributed by atoms with Crippen molar-refractivity contribution in [2.24, 2.45) is 0 Å². The van der Waals surface area contributed by atoms with Crippen LogP contribution >= 0.6 is 0 Å². The van der Waals surface area contributed by atoms with E-state index in [-0.39, 0.29) is 11.7 Å². The number of amides is 1. The van der Waals surface area contributed by atoms with Crippen molar-refractivity contribution in [1.82, 2.24) is 9.21 Å². The fraction of sp³-hybridized carbons (Fsp3) is 0.917. The van der Waals surface area contributed by atoms with Crippen LogP contribution in [-0.2, 0) is 14.8 Å². The van der Waals surface area contributed by atoms with Gasteiger partial charge in [-0.1, -0.05) is 13.8 Å². The minimum Gasteiger partial charge on any atom is -0.341 e. The number of carbonyl (C=O) groups excluding carboxylic acids is 1. The van der Waals surface area contributed by atoms with Gasteiger partial charge in [-0.2, -0.15) is 0 Å². The Morgan fingerprint density at radius 2 is 1.78 bits per heavy atom. The van der Waals surface area contributed by atoms with E-state index in [4.69, 9.17) is 0 Å². The van der Waals surface area contributed by atoms with Crippen LogP contribution in [0.4, 0.5) is 0 Å². The second kappa shape index (κ2) is 7.09. The van der Waals surface area contributed by atoms with Crippen LogP contribution in [0.3, 0.4) is 0 Å². The first-order valence-electron chi connectivity index (χ1n) is 6.76. The Hall–Kier alpha value is -0.620. The number of nitrogens with zero attached hydrogens (tertiary/aromatic N) is 2. The largest absolute Gasteiger partial charge is 0.341 e.